The zero-order valence-corrected chi connectivity index (χ0v) is 7.58. The van der Waals surface area contributed by atoms with Crippen molar-refractivity contribution in [3.05, 3.63) is 29.3 Å². The number of rotatable bonds is 1. The minimum Gasteiger partial charge on any atom is -0.508 e. The summed E-state index contributed by atoms with van der Waals surface area (Å²) in [5.41, 5.74) is 1.89. The average Bonchev–Trinajstić information content (AvgIpc) is 2.09. The molecule has 13 heavy (non-hydrogen) atoms. The summed E-state index contributed by atoms with van der Waals surface area (Å²) < 4.78 is 0. The Morgan fingerprint density at radius 3 is 2.77 bits per heavy atom. The van der Waals surface area contributed by atoms with Crippen molar-refractivity contribution in [2.75, 3.05) is 0 Å². The monoisotopic (exact) mass is 176 g/mol. The third-order valence-electron chi connectivity index (χ3n) is 2.63. The lowest BCUT2D eigenvalue weighted by Crippen LogP contribution is -2.23. The van der Waals surface area contributed by atoms with E-state index in [0.717, 1.165) is 17.5 Å². The number of Topliss-reactive ketones (excluding diaryl/α,β-unsaturated/α-hetero) is 1. The van der Waals surface area contributed by atoms with Gasteiger partial charge in [-0.1, -0.05) is 17.7 Å². The van der Waals surface area contributed by atoms with Crippen molar-refractivity contribution in [3.8, 4) is 5.75 Å². The highest BCUT2D eigenvalue weighted by molar-refractivity contribution is 5.91. The first-order valence-corrected chi connectivity index (χ1v) is 4.50. The predicted octanol–water partition coefficient (Wildman–Crippen LogP) is 2.15. The average molecular weight is 176 g/mol. The summed E-state index contributed by atoms with van der Waals surface area (Å²) in [7, 11) is 0. The molecule has 0 spiro atoms. The van der Waals surface area contributed by atoms with Gasteiger partial charge in [0.1, 0.15) is 11.5 Å². The van der Waals surface area contributed by atoms with Crippen LogP contribution in [-0.2, 0) is 4.79 Å². The van der Waals surface area contributed by atoms with Crippen LogP contribution >= 0.6 is 0 Å². The molecule has 1 aliphatic carbocycles. The topological polar surface area (TPSA) is 37.3 Å². The minimum atomic E-state index is -0.0418. The standard InChI is InChI=1S/C11H12O2/c1-7-2-4-11(13)9(6-7)8-3-5-10(8)12/h2,4,6,8,13H,3,5H2,1H3. The summed E-state index contributed by atoms with van der Waals surface area (Å²) in [6, 6.07) is 5.41. The Labute approximate surface area is 77.2 Å². The van der Waals surface area contributed by atoms with Gasteiger partial charge in [0.05, 0.1) is 0 Å². The number of phenolic OH excluding ortho intramolecular Hbond substituents is 1. The van der Waals surface area contributed by atoms with E-state index in [1.54, 1.807) is 6.07 Å². The van der Waals surface area contributed by atoms with Crippen LogP contribution in [0.1, 0.15) is 29.9 Å². The second kappa shape index (κ2) is 2.87. The normalized spacial score (nSPS) is 21.3. The summed E-state index contributed by atoms with van der Waals surface area (Å²) >= 11 is 0. The molecule has 1 fully saturated rings. The Hall–Kier alpha value is -1.31. The molecule has 2 nitrogen and oxygen atoms in total. The molecular formula is C11H12O2. The fourth-order valence-electron chi connectivity index (χ4n) is 1.69. The zero-order chi connectivity index (χ0) is 9.42. The molecular weight excluding hydrogens is 164 g/mol. The third kappa shape index (κ3) is 1.32. The molecule has 0 aromatic heterocycles. The number of benzene rings is 1. The summed E-state index contributed by atoms with van der Waals surface area (Å²) in [5, 5.41) is 9.54. The highest BCUT2D eigenvalue weighted by Crippen LogP contribution is 2.37. The van der Waals surface area contributed by atoms with Crippen molar-refractivity contribution in [3.63, 3.8) is 0 Å². The lowest BCUT2D eigenvalue weighted by molar-refractivity contribution is -0.125. The molecule has 1 unspecified atom stereocenters. The lowest BCUT2D eigenvalue weighted by atomic mass is 9.78. The summed E-state index contributed by atoms with van der Waals surface area (Å²) in [4.78, 5) is 11.2. The van der Waals surface area contributed by atoms with Crippen molar-refractivity contribution >= 4 is 5.78 Å². The van der Waals surface area contributed by atoms with Gasteiger partial charge < -0.3 is 5.11 Å². The second-order valence-electron chi connectivity index (χ2n) is 3.62. The van der Waals surface area contributed by atoms with Crippen LogP contribution in [0.2, 0.25) is 0 Å². The van der Waals surface area contributed by atoms with Gasteiger partial charge in [-0.15, -0.1) is 0 Å². The van der Waals surface area contributed by atoms with Crippen LogP contribution in [0.25, 0.3) is 0 Å². The molecule has 1 N–H and O–H groups in total. The quantitative estimate of drug-likeness (QED) is 0.711. The summed E-state index contributed by atoms with van der Waals surface area (Å²) in [6.07, 6.45) is 1.55. The Kier molecular flexibility index (Phi) is 1.83. The largest absolute Gasteiger partial charge is 0.508 e. The Balaban J connectivity index is 2.38. The Morgan fingerprint density at radius 2 is 2.23 bits per heavy atom. The molecule has 0 radical (unpaired) electrons. The molecule has 0 aliphatic heterocycles. The van der Waals surface area contributed by atoms with E-state index in [0.29, 0.717) is 6.42 Å². The number of phenols is 1. The second-order valence-corrected chi connectivity index (χ2v) is 3.62. The van der Waals surface area contributed by atoms with Gasteiger partial charge in [-0.25, -0.2) is 0 Å². The number of hydrogen-bond donors (Lipinski definition) is 1. The van der Waals surface area contributed by atoms with Gasteiger partial charge in [-0.05, 0) is 19.4 Å². The maximum Gasteiger partial charge on any atom is 0.140 e. The van der Waals surface area contributed by atoms with Gasteiger partial charge in [0.2, 0.25) is 0 Å². The van der Waals surface area contributed by atoms with Crippen LogP contribution in [0.4, 0.5) is 0 Å². The molecule has 1 aromatic carbocycles. The van der Waals surface area contributed by atoms with Crippen LogP contribution < -0.4 is 0 Å². The maximum absolute atomic E-state index is 11.2. The fourth-order valence-corrected chi connectivity index (χ4v) is 1.69. The number of ketones is 1. The van der Waals surface area contributed by atoms with Crippen molar-refractivity contribution in [2.45, 2.75) is 25.7 Å². The number of aromatic hydroxyl groups is 1. The molecule has 2 heteroatoms. The van der Waals surface area contributed by atoms with Gasteiger partial charge in [0.15, 0.2) is 0 Å². The first kappa shape index (κ1) is 8.30. The molecule has 68 valence electrons. The van der Waals surface area contributed by atoms with E-state index >= 15 is 0 Å². The van der Waals surface area contributed by atoms with Crippen LogP contribution in [-0.4, -0.2) is 10.9 Å². The smallest absolute Gasteiger partial charge is 0.140 e. The van der Waals surface area contributed by atoms with Gasteiger partial charge in [0.25, 0.3) is 0 Å². The van der Waals surface area contributed by atoms with Crippen LogP contribution in [0, 0.1) is 6.92 Å². The molecule has 1 atom stereocenters. The van der Waals surface area contributed by atoms with Gasteiger partial charge >= 0.3 is 0 Å². The number of carbonyl (C=O) groups is 1. The third-order valence-corrected chi connectivity index (χ3v) is 2.63. The van der Waals surface area contributed by atoms with Crippen LogP contribution in [0.3, 0.4) is 0 Å². The van der Waals surface area contributed by atoms with E-state index in [4.69, 9.17) is 0 Å². The van der Waals surface area contributed by atoms with Crippen molar-refractivity contribution in [2.24, 2.45) is 0 Å². The molecule has 2 rings (SSSR count). The molecule has 0 saturated heterocycles. The Morgan fingerprint density at radius 1 is 1.46 bits per heavy atom. The highest BCUT2D eigenvalue weighted by atomic mass is 16.3. The SMILES string of the molecule is Cc1ccc(O)c(C2CCC2=O)c1. The van der Waals surface area contributed by atoms with E-state index in [9.17, 15) is 9.90 Å². The predicted molar refractivity (Wildman–Crippen MR) is 49.8 cm³/mol. The van der Waals surface area contributed by atoms with Crippen molar-refractivity contribution in [1.82, 2.24) is 0 Å². The Bertz CT molecular complexity index is 355. The molecule has 1 aromatic rings. The first-order chi connectivity index (χ1) is 6.18. The number of hydrogen-bond acceptors (Lipinski definition) is 2. The van der Waals surface area contributed by atoms with E-state index in [1.807, 2.05) is 19.1 Å². The van der Waals surface area contributed by atoms with Crippen LogP contribution in [0.15, 0.2) is 18.2 Å². The fraction of sp³-hybridized carbons (Fsp3) is 0.364. The summed E-state index contributed by atoms with van der Waals surface area (Å²) in [5.74, 6) is 0.462. The maximum atomic E-state index is 11.2. The molecule has 1 aliphatic rings. The first-order valence-electron chi connectivity index (χ1n) is 4.50. The van der Waals surface area contributed by atoms with E-state index < -0.39 is 0 Å². The highest BCUT2D eigenvalue weighted by Gasteiger charge is 2.31. The molecule has 0 bridgehead atoms. The van der Waals surface area contributed by atoms with E-state index in [-0.39, 0.29) is 17.5 Å². The van der Waals surface area contributed by atoms with Crippen molar-refractivity contribution in [1.29, 1.82) is 0 Å². The van der Waals surface area contributed by atoms with Gasteiger partial charge in [-0.3, -0.25) is 4.79 Å². The van der Waals surface area contributed by atoms with Crippen molar-refractivity contribution < 1.29 is 9.90 Å². The number of aryl methyl sites for hydroxylation is 1. The van der Waals surface area contributed by atoms with Crippen LogP contribution in [0.5, 0.6) is 5.75 Å². The minimum absolute atomic E-state index is 0.0418. The zero-order valence-electron chi connectivity index (χ0n) is 7.58. The molecule has 0 amide bonds. The van der Waals surface area contributed by atoms with E-state index in [1.165, 1.54) is 0 Å². The molecule has 0 heterocycles. The van der Waals surface area contributed by atoms with Gasteiger partial charge in [-0.2, -0.15) is 0 Å². The van der Waals surface area contributed by atoms with Gasteiger partial charge in [0, 0.05) is 17.9 Å². The molecule has 1 saturated carbocycles. The lowest BCUT2D eigenvalue weighted by Gasteiger charge is -2.25. The summed E-state index contributed by atoms with van der Waals surface area (Å²) in [6.45, 7) is 1.96. The van der Waals surface area contributed by atoms with E-state index in [2.05, 4.69) is 0 Å². The number of carbonyl (C=O) groups excluding carboxylic acids is 1.